The SMILES string of the molecule is CCC(=O)N(CCCN1CCC(c2ccccc2)CC1)c1ccccn1. The van der Waals surface area contributed by atoms with E-state index >= 15 is 0 Å². The van der Waals surface area contributed by atoms with Crippen LogP contribution in [0.3, 0.4) is 0 Å². The number of hydrogen-bond donors (Lipinski definition) is 0. The topological polar surface area (TPSA) is 36.4 Å². The zero-order valence-corrected chi connectivity index (χ0v) is 15.7. The molecule has 2 aromatic rings. The molecule has 4 nitrogen and oxygen atoms in total. The molecular weight excluding hydrogens is 322 g/mol. The molecule has 0 bridgehead atoms. The minimum absolute atomic E-state index is 0.145. The predicted molar refractivity (Wildman–Crippen MR) is 106 cm³/mol. The quantitative estimate of drug-likeness (QED) is 0.754. The van der Waals surface area contributed by atoms with Gasteiger partial charge in [-0.25, -0.2) is 4.98 Å². The molecular formula is C22H29N3O. The minimum atomic E-state index is 0.145. The van der Waals surface area contributed by atoms with Crippen molar-refractivity contribution in [2.75, 3.05) is 31.1 Å². The van der Waals surface area contributed by atoms with Gasteiger partial charge in [-0.15, -0.1) is 0 Å². The average molecular weight is 351 g/mol. The molecule has 2 heterocycles. The number of likely N-dealkylation sites (tertiary alicyclic amines) is 1. The Morgan fingerprint density at radius 1 is 1.12 bits per heavy atom. The van der Waals surface area contributed by atoms with E-state index in [-0.39, 0.29) is 5.91 Å². The lowest BCUT2D eigenvalue weighted by Crippen LogP contribution is -2.37. The normalized spacial score (nSPS) is 15.7. The number of carbonyl (C=O) groups excluding carboxylic acids is 1. The van der Waals surface area contributed by atoms with Gasteiger partial charge in [-0.2, -0.15) is 0 Å². The van der Waals surface area contributed by atoms with Crippen molar-refractivity contribution in [3.8, 4) is 0 Å². The highest BCUT2D eigenvalue weighted by Crippen LogP contribution is 2.27. The third kappa shape index (κ3) is 4.92. The number of rotatable bonds is 7. The van der Waals surface area contributed by atoms with E-state index in [1.807, 2.05) is 30.0 Å². The molecule has 1 amide bonds. The molecule has 1 saturated heterocycles. The van der Waals surface area contributed by atoms with Crippen LogP contribution in [-0.2, 0) is 4.79 Å². The van der Waals surface area contributed by atoms with Gasteiger partial charge in [0.15, 0.2) is 0 Å². The molecule has 0 saturated carbocycles. The van der Waals surface area contributed by atoms with Crippen LogP contribution in [0.1, 0.15) is 44.1 Å². The Labute approximate surface area is 156 Å². The van der Waals surface area contributed by atoms with Gasteiger partial charge in [0, 0.05) is 19.2 Å². The Balaban J connectivity index is 1.46. The Kier molecular flexibility index (Phi) is 6.78. The lowest BCUT2D eigenvalue weighted by molar-refractivity contribution is -0.118. The zero-order chi connectivity index (χ0) is 18.2. The van der Waals surface area contributed by atoms with Gasteiger partial charge in [-0.05, 0) is 62.5 Å². The second-order valence-corrected chi connectivity index (χ2v) is 6.97. The van der Waals surface area contributed by atoms with Crippen molar-refractivity contribution in [1.82, 2.24) is 9.88 Å². The van der Waals surface area contributed by atoms with E-state index in [1.54, 1.807) is 6.20 Å². The summed E-state index contributed by atoms with van der Waals surface area (Å²) in [6, 6.07) is 16.6. The van der Waals surface area contributed by atoms with Crippen LogP contribution in [0.4, 0.5) is 5.82 Å². The van der Waals surface area contributed by atoms with E-state index in [9.17, 15) is 4.79 Å². The number of aromatic nitrogens is 1. The molecule has 0 unspecified atom stereocenters. The molecule has 1 aromatic carbocycles. The molecule has 1 aromatic heterocycles. The van der Waals surface area contributed by atoms with E-state index in [2.05, 4.69) is 40.2 Å². The fourth-order valence-corrected chi connectivity index (χ4v) is 3.74. The first-order chi connectivity index (χ1) is 12.8. The van der Waals surface area contributed by atoms with E-state index in [0.29, 0.717) is 12.3 Å². The molecule has 4 heteroatoms. The Bertz CT molecular complexity index is 666. The van der Waals surface area contributed by atoms with Gasteiger partial charge in [0.2, 0.25) is 5.91 Å². The predicted octanol–water partition coefficient (Wildman–Crippen LogP) is 4.09. The lowest BCUT2D eigenvalue weighted by atomic mass is 9.89. The molecule has 0 atom stereocenters. The summed E-state index contributed by atoms with van der Waals surface area (Å²) in [6.07, 6.45) is 5.70. The van der Waals surface area contributed by atoms with Gasteiger partial charge in [0.05, 0.1) is 0 Å². The highest BCUT2D eigenvalue weighted by atomic mass is 16.2. The smallest absolute Gasteiger partial charge is 0.227 e. The van der Waals surface area contributed by atoms with Crippen molar-refractivity contribution in [2.24, 2.45) is 0 Å². The van der Waals surface area contributed by atoms with Gasteiger partial charge in [0.1, 0.15) is 5.82 Å². The van der Waals surface area contributed by atoms with Crippen LogP contribution in [0.25, 0.3) is 0 Å². The van der Waals surface area contributed by atoms with Crippen molar-refractivity contribution < 1.29 is 4.79 Å². The van der Waals surface area contributed by atoms with Crippen LogP contribution in [0, 0.1) is 0 Å². The molecule has 0 radical (unpaired) electrons. The van der Waals surface area contributed by atoms with Gasteiger partial charge in [0.25, 0.3) is 0 Å². The summed E-state index contributed by atoms with van der Waals surface area (Å²) in [7, 11) is 0. The monoisotopic (exact) mass is 351 g/mol. The highest BCUT2D eigenvalue weighted by molar-refractivity contribution is 5.92. The van der Waals surface area contributed by atoms with Crippen LogP contribution in [0.5, 0.6) is 0 Å². The molecule has 0 spiro atoms. The molecule has 1 aliphatic rings. The lowest BCUT2D eigenvalue weighted by Gasteiger charge is -2.32. The van der Waals surface area contributed by atoms with Crippen LogP contribution in [-0.4, -0.2) is 42.0 Å². The third-order valence-electron chi connectivity index (χ3n) is 5.24. The first-order valence-corrected chi connectivity index (χ1v) is 9.76. The van der Waals surface area contributed by atoms with Gasteiger partial charge in [-0.1, -0.05) is 43.3 Å². The van der Waals surface area contributed by atoms with E-state index < -0.39 is 0 Å². The van der Waals surface area contributed by atoms with Crippen molar-refractivity contribution in [1.29, 1.82) is 0 Å². The number of pyridine rings is 1. The summed E-state index contributed by atoms with van der Waals surface area (Å²) in [5, 5.41) is 0. The fraction of sp³-hybridized carbons (Fsp3) is 0.455. The minimum Gasteiger partial charge on any atom is -0.303 e. The van der Waals surface area contributed by atoms with Gasteiger partial charge < -0.3 is 4.90 Å². The first-order valence-electron chi connectivity index (χ1n) is 9.76. The molecule has 3 rings (SSSR count). The molecule has 0 aliphatic carbocycles. The Morgan fingerprint density at radius 3 is 2.50 bits per heavy atom. The molecule has 1 aliphatic heterocycles. The second-order valence-electron chi connectivity index (χ2n) is 6.97. The zero-order valence-electron chi connectivity index (χ0n) is 15.7. The maximum absolute atomic E-state index is 12.3. The fourth-order valence-electron chi connectivity index (χ4n) is 3.74. The highest BCUT2D eigenvalue weighted by Gasteiger charge is 2.21. The summed E-state index contributed by atoms with van der Waals surface area (Å²) in [6.45, 7) is 5.98. The van der Waals surface area contributed by atoms with E-state index in [4.69, 9.17) is 0 Å². The number of benzene rings is 1. The third-order valence-corrected chi connectivity index (χ3v) is 5.24. The maximum atomic E-state index is 12.3. The molecule has 138 valence electrons. The number of hydrogen-bond acceptors (Lipinski definition) is 3. The summed E-state index contributed by atoms with van der Waals surface area (Å²) in [5.74, 6) is 1.60. The van der Waals surface area contributed by atoms with Crippen LogP contribution in [0.15, 0.2) is 54.7 Å². The average Bonchev–Trinajstić information content (AvgIpc) is 2.72. The van der Waals surface area contributed by atoms with Crippen LogP contribution >= 0.6 is 0 Å². The number of carbonyl (C=O) groups is 1. The molecule has 1 fully saturated rings. The molecule has 26 heavy (non-hydrogen) atoms. The standard InChI is InChI=1S/C22H29N3O/c1-2-22(26)25(21-11-6-7-14-23-21)16-8-15-24-17-12-20(13-18-24)19-9-4-3-5-10-19/h3-7,9-11,14,20H,2,8,12-13,15-18H2,1H3. The Hall–Kier alpha value is -2.20. The van der Waals surface area contributed by atoms with Crippen molar-refractivity contribution in [3.05, 3.63) is 60.3 Å². The number of anilines is 1. The van der Waals surface area contributed by atoms with E-state index in [1.165, 1.54) is 18.4 Å². The number of nitrogens with zero attached hydrogens (tertiary/aromatic N) is 3. The summed E-state index contributed by atoms with van der Waals surface area (Å²) < 4.78 is 0. The van der Waals surface area contributed by atoms with Crippen molar-refractivity contribution in [2.45, 2.75) is 38.5 Å². The summed E-state index contributed by atoms with van der Waals surface area (Å²) >= 11 is 0. The number of amides is 1. The summed E-state index contributed by atoms with van der Waals surface area (Å²) in [4.78, 5) is 21.0. The van der Waals surface area contributed by atoms with Crippen molar-refractivity contribution >= 4 is 11.7 Å². The van der Waals surface area contributed by atoms with Gasteiger partial charge in [-0.3, -0.25) is 9.69 Å². The van der Waals surface area contributed by atoms with Crippen LogP contribution < -0.4 is 4.90 Å². The maximum Gasteiger partial charge on any atom is 0.227 e. The van der Waals surface area contributed by atoms with Gasteiger partial charge >= 0.3 is 0 Å². The number of piperidine rings is 1. The Morgan fingerprint density at radius 2 is 1.85 bits per heavy atom. The van der Waals surface area contributed by atoms with Crippen LogP contribution in [0.2, 0.25) is 0 Å². The second kappa shape index (κ2) is 9.48. The first kappa shape index (κ1) is 18.6. The van der Waals surface area contributed by atoms with E-state index in [0.717, 1.165) is 38.4 Å². The molecule has 0 N–H and O–H groups in total. The largest absolute Gasteiger partial charge is 0.303 e. The van der Waals surface area contributed by atoms with Crippen molar-refractivity contribution in [3.63, 3.8) is 0 Å². The summed E-state index contributed by atoms with van der Waals surface area (Å²) in [5.41, 5.74) is 1.47.